The van der Waals surface area contributed by atoms with Gasteiger partial charge in [-0.05, 0) is 50.1 Å². The first-order valence-corrected chi connectivity index (χ1v) is 10.8. The van der Waals surface area contributed by atoms with Crippen LogP contribution in [-0.4, -0.2) is 59.6 Å². The normalized spacial score (nSPS) is 16.0. The Morgan fingerprint density at radius 3 is 2.60 bits per heavy atom. The predicted octanol–water partition coefficient (Wildman–Crippen LogP) is 4.15. The molecule has 0 radical (unpaired) electrons. The van der Waals surface area contributed by atoms with Crippen molar-refractivity contribution < 1.29 is 9.53 Å². The zero-order valence-electron chi connectivity index (χ0n) is 18.1. The van der Waals surface area contributed by atoms with Gasteiger partial charge >= 0.3 is 0 Å². The van der Waals surface area contributed by atoms with Crippen LogP contribution in [0, 0.1) is 13.8 Å². The molecule has 1 aliphatic rings. The van der Waals surface area contributed by atoms with Crippen molar-refractivity contribution in [2.24, 2.45) is 0 Å². The van der Waals surface area contributed by atoms with Gasteiger partial charge in [0.1, 0.15) is 0 Å². The molecule has 1 fully saturated rings. The zero-order valence-corrected chi connectivity index (χ0v) is 18.1. The summed E-state index contributed by atoms with van der Waals surface area (Å²) in [5.41, 5.74) is 5.33. The van der Waals surface area contributed by atoms with Gasteiger partial charge in [-0.2, -0.15) is 0 Å². The summed E-state index contributed by atoms with van der Waals surface area (Å²) in [7, 11) is 0. The Morgan fingerprint density at radius 2 is 1.87 bits per heavy atom. The lowest BCUT2D eigenvalue weighted by Crippen LogP contribution is -2.48. The molecule has 158 valence electrons. The van der Waals surface area contributed by atoms with E-state index in [1.54, 1.807) is 0 Å². The Hall–Kier alpha value is -2.63. The smallest absolute Gasteiger partial charge is 0.254 e. The summed E-state index contributed by atoms with van der Waals surface area (Å²) < 4.78 is 5.48. The van der Waals surface area contributed by atoms with Gasteiger partial charge in [-0.15, -0.1) is 0 Å². The minimum Gasteiger partial charge on any atom is -0.379 e. The number of carbonyl (C=O) groups is 1. The van der Waals surface area contributed by atoms with Crippen molar-refractivity contribution in [2.75, 3.05) is 32.8 Å². The summed E-state index contributed by atoms with van der Waals surface area (Å²) in [6.45, 7) is 11.2. The second kappa shape index (κ2) is 9.02. The first kappa shape index (κ1) is 20.6. The van der Waals surface area contributed by atoms with Crippen LogP contribution in [0.3, 0.4) is 0 Å². The lowest BCUT2D eigenvalue weighted by molar-refractivity contribution is 0.0228. The minimum absolute atomic E-state index is 0.0831. The maximum Gasteiger partial charge on any atom is 0.254 e. The number of H-pyrrole nitrogens is 1. The van der Waals surface area contributed by atoms with Crippen LogP contribution in [-0.2, 0) is 11.3 Å². The van der Waals surface area contributed by atoms with E-state index in [0.717, 1.165) is 60.6 Å². The van der Waals surface area contributed by atoms with Gasteiger partial charge in [0.15, 0.2) is 0 Å². The average Bonchev–Trinajstić information content (AvgIpc) is 3.06. The van der Waals surface area contributed by atoms with Gasteiger partial charge in [-0.25, -0.2) is 0 Å². The van der Waals surface area contributed by atoms with Crippen molar-refractivity contribution in [3.8, 4) is 0 Å². The molecule has 0 spiro atoms. The molecule has 1 aliphatic heterocycles. The number of nitrogens with one attached hydrogen (secondary N) is 1. The molecule has 2 heterocycles. The molecule has 0 aliphatic carbocycles. The van der Waals surface area contributed by atoms with Gasteiger partial charge in [0.2, 0.25) is 0 Å². The lowest BCUT2D eigenvalue weighted by Gasteiger charge is -2.35. The van der Waals surface area contributed by atoms with Crippen LogP contribution < -0.4 is 0 Å². The van der Waals surface area contributed by atoms with Crippen LogP contribution in [0.15, 0.2) is 48.5 Å². The molecule has 5 nitrogen and oxygen atoms in total. The molecule has 1 aromatic heterocycles. The van der Waals surface area contributed by atoms with E-state index in [4.69, 9.17) is 4.74 Å². The molecule has 5 heteroatoms. The number of aromatic amines is 1. The molecule has 1 atom stereocenters. The van der Waals surface area contributed by atoms with Crippen molar-refractivity contribution in [1.82, 2.24) is 14.8 Å². The molecule has 4 rings (SSSR count). The molecule has 30 heavy (non-hydrogen) atoms. The van der Waals surface area contributed by atoms with Crippen LogP contribution in [0.4, 0.5) is 0 Å². The number of amides is 1. The largest absolute Gasteiger partial charge is 0.379 e. The van der Waals surface area contributed by atoms with Crippen LogP contribution in [0.25, 0.3) is 10.9 Å². The molecule has 0 bridgehead atoms. The van der Waals surface area contributed by atoms with Crippen LogP contribution in [0.2, 0.25) is 0 Å². The summed E-state index contributed by atoms with van der Waals surface area (Å²) >= 11 is 0. The van der Waals surface area contributed by atoms with Crippen LogP contribution in [0.1, 0.15) is 34.1 Å². The summed E-state index contributed by atoms with van der Waals surface area (Å²) in [6.07, 6.45) is 0. The number of aryl methyl sites for hydroxylation is 2. The molecule has 1 saturated heterocycles. The third kappa shape index (κ3) is 4.42. The fourth-order valence-electron chi connectivity index (χ4n) is 4.22. The molecule has 1 N–H and O–H groups in total. The van der Waals surface area contributed by atoms with Crippen molar-refractivity contribution in [3.05, 3.63) is 70.9 Å². The predicted molar refractivity (Wildman–Crippen MR) is 121 cm³/mol. The number of hydrogen-bond acceptors (Lipinski definition) is 3. The average molecular weight is 406 g/mol. The molecular weight excluding hydrogens is 374 g/mol. The molecule has 2 aromatic carbocycles. The Labute approximate surface area is 178 Å². The van der Waals surface area contributed by atoms with E-state index in [1.165, 1.54) is 5.56 Å². The standard InChI is InChI=1S/C25H31N3O2/c1-18(16-27-11-13-30-14-12-27)28(17-21-7-5-4-6-8-21)25(29)22-9-10-24-23(15-22)19(2)20(3)26-24/h4-10,15,18,26H,11-14,16-17H2,1-3H3. The molecule has 0 saturated carbocycles. The van der Waals surface area contributed by atoms with E-state index in [-0.39, 0.29) is 11.9 Å². The van der Waals surface area contributed by atoms with E-state index in [1.807, 2.05) is 41.3 Å². The number of morpholine rings is 1. The fraction of sp³-hybridized carbons (Fsp3) is 0.400. The topological polar surface area (TPSA) is 48.6 Å². The second-order valence-electron chi connectivity index (χ2n) is 8.32. The second-order valence-corrected chi connectivity index (χ2v) is 8.32. The lowest BCUT2D eigenvalue weighted by atomic mass is 10.1. The number of rotatable bonds is 6. The number of ether oxygens (including phenoxy) is 1. The van der Waals surface area contributed by atoms with Gasteiger partial charge in [0.25, 0.3) is 5.91 Å². The summed E-state index contributed by atoms with van der Waals surface area (Å²) in [5, 5.41) is 1.12. The number of nitrogens with zero attached hydrogens (tertiary/aromatic N) is 2. The molecule has 1 amide bonds. The highest BCUT2D eigenvalue weighted by atomic mass is 16.5. The van der Waals surface area contributed by atoms with E-state index < -0.39 is 0 Å². The molecular formula is C25H31N3O2. The Kier molecular flexibility index (Phi) is 6.21. The Bertz CT molecular complexity index is 1010. The number of fused-ring (bicyclic) bond motifs is 1. The highest BCUT2D eigenvalue weighted by molar-refractivity contribution is 5.99. The van der Waals surface area contributed by atoms with Crippen molar-refractivity contribution >= 4 is 16.8 Å². The summed E-state index contributed by atoms with van der Waals surface area (Å²) in [4.78, 5) is 21.5. The highest BCUT2D eigenvalue weighted by Gasteiger charge is 2.25. The van der Waals surface area contributed by atoms with Gasteiger partial charge in [-0.1, -0.05) is 30.3 Å². The van der Waals surface area contributed by atoms with E-state index in [9.17, 15) is 4.79 Å². The fourth-order valence-corrected chi connectivity index (χ4v) is 4.22. The Morgan fingerprint density at radius 1 is 1.13 bits per heavy atom. The Balaban J connectivity index is 1.61. The number of aromatic nitrogens is 1. The monoisotopic (exact) mass is 405 g/mol. The molecule has 3 aromatic rings. The minimum atomic E-state index is 0.0831. The third-order valence-corrected chi connectivity index (χ3v) is 6.17. The number of carbonyl (C=O) groups excluding carboxylic acids is 1. The van der Waals surface area contributed by atoms with E-state index >= 15 is 0 Å². The maximum absolute atomic E-state index is 13.7. The summed E-state index contributed by atoms with van der Waals surface area (Å²) in [5.74, 6) is 0.0831. The first-order chi connectivity index (χ1) is 14.5. The van der Waals surface area contributed by atoms with Gasteiger partial charge in [0.05, 0.1) is 13.2 Å². The van der Waals surface area contributed by atoms with Crippen molar-refractivity contribution in [3.63, 3.8) is 0 Å². The van der Waals surface area contributed by atoms with Gasteiger partial charge < -0.3 is 14.6 Å². The van der Waals surface area contributed by atoms with Gasteiger partial charge in [0, 0.05) is 54.4 Å². The first-order valence-electron chi connectivity index (χ1n) is 10.8. The number of benzene rings is 2. The van der Waals surface area contributed by atoms with E-state index in [0.29, 0.717) is 6.54 Å². The van der Waals surface area contributed by atoms with Crippen molar-refractivity contribution in [1.29, 1.82) is 0 Å². The summed E-state index contributed by atoms with van der Waals surface area (Å²) in [6, 6.07) is 16.4. The van der Waals surface area contributed by atoms with Crippen LogP contribution >= 0.6 is 0 Å². The van der Waals surface area contributed by atoms with E-state index in [2.05, 4.69) is 42.8 Å². The SMILES string of the molecule is Cc1[nH]c2ccc(C(=O)N(Cc3ccccc3)C(C)CN3CCOCC3)cc2c1C. The quantitative estimate of drug-likeness (QED) is 0.670. The third-order valence-electron chi connectivity index (χ3n) is 6.17. The zero-order chi connectivity index (χ0) is 21.1. The van der Waals surface area contributed by atoms with Crippen molar-refractivity contribution in [2.45, 2.75) is 33.4 Å². The molecule has 1 unspecified atom stereocenters. The van der Waals surface area contributed by atoms with Gasteiger partial charge in [-0.3, -0.25) is 9.69 Å². The van der Waals surface area contributed by atoms with Crippen LogP contribution in [0.5, 0.6) is 0 Å². The highest BCUT2D eigenvalue weighted by Crippen LogP contribution is 2.24. The maximum atomic E-state index is 13.7. The number of hydrogen-bond donors (Lipinski definition) is 1.